The Hall–Kier alpha value is -3.55. The van der Waals surface area contributed by atoms with Crippen LogP contribution in [0.5, 0.6) is 0 Å². The maximum Gasteiger partial charge on any atom is 0.234 e. The normalized spacial score (nSPS) is 15.8. The summed E-state index contributed by atoms with van der Waals surface area (Å²) in [5.74, 6) is 0.322. The molecule has 3 heterocycles. The van der Waals surface area contributed by atoms with Crippen molar-refractivity contribution in [3.05, 3.63) is 65.9 Å². The van der Waals surface area contributed by atoms with Gasteiger partial charge in [-0.1, -0.05) is 29.4 Å². The van der Waals surface area contributed by atoms with E-state index in [9.17, 15) is 9.59 Å². The molecule has 1 aliphatic heterocycles. The van der Waals surface area contributed by atoms with Gasteiger partial charge in [0.2, 0.25) is 17.7 Å². The lowest BCUT2D eigenvalue weighted by Gasteiger charge is -2.22. The summed E-state index contributed by atoms with van der Waals surface area (Å²) in [5, 5.41) is 9.36. The standard InChI is InChI=1S/C18H15N5O3/c24-16-9-12(11-5-1-2-6-13(11)20-16)18-22-15(23-26-18)10-17(25)21-14-7-3-4-8-19-14/h1-8,12H,9-10H2,(H,20,24)(H,19,21,25)/t12-/m0/s1. The zero-order chi connectivity index (χ0) is 17.9. The van der Waals surface area contributed by atoms with Crippen molar-refractivity contribution in [2.24, 2.45) is 0 Å². The molecule has 0 saturated carbocycles. The zero-order valence-electron chi connectivity index (χ0n) is 13.7. The van der Waals surface area contributed by atoms with Crippen LogP contribution < -0.4 is 10.6 Å². The Morgan fingerprint density at radius 2 is 2.08 bits per heavy atom. The summed E-state index contributed by atoms with van der Waals surface area (Å²) >= 11 is 0. The first-order chi connectivity index (χ1) is 12.7. The van der Waals surface area contributed by atoms with Crippen LogP contribution in [-0.4, -0.2) is 26.9 Å². The molecule has 2 amide bonds. The number of amides is 2. The number of aromatic nitrogens is 3. The van der Waals surface area contributed by atoms with Gasteiger partial charge in [-0.15, -0.1) is 0 Å². The van der Waals surface area contributed by atoms with E-state index in [0.717, 1.165) is 11.3 Å². The summed E-state index contributed by atoms with van der Waals surface area (Å²) in [5.41, 5.74) is 1.65. The lowest BCUT2D eigenvalue weighted by atomic mass is 9.90. The summed E-state index contributed by atoms with van der Waals surface area (Å²) in [4.78, 5) is 32.3. The van der Waals surface area contributed by atoms with Crippen LogP contribution >= 0.6 is 0 Å². The molecule has 0 spiro atoms. The number of hydrogen-bond donors (Lipinski definition) is 2. The number of carbonyl (C=O) groups excluding carboxylic acids is 2. The zero-order valence-corrected chi connectivity index (χ0v) is 13.7. The third-order valence-corrected chi connectivity index (χ3v) is 4.03. The van der Waals surface area contributed by atoms with Crippen LogP contribution in [-0.2, 0) is 16.0 Å². The van der Waals surface area contributed by atoms with E-state index in [4.69, 9.17) is 4.52 Å². The average Bonchev–Trinajstić information content (AvgIpc) is 3.10. The molecule has 2 N–H and O–H groups in total. The number of nitrogens with zero attached hydrogens (tertiary/aromatic N) is 3. The van der Waals surface area contributed by atoms with Gasteiger partial charge in [-0.2, -0.15) is 4.98 Å². The number of fused-ring (bicyclic) bond motifs is 1. The summed E-state index contributed by atoms with van der Waals surface area (Å²) in [6, 6.07) is 12.7. The summed E-state index contributed by atoms with van der Waals surface area (Å²) in [6.07, 6.45) is 1.77. The van der Waals surface area contributed by atoms with Gasteiger partial charge >= 0.3 is 0 Å². The van der Waals surface area contributed by atoms with E-state index in [2.05, 4.69) is 25.8 Å². The minimum Gasteiger partial charge on any atom is -0.339 e. The number of para-hydroxylation sites is 1. The van der Waals surface area contributed by atoms with Crippen molar-refractivity contribution >= 4 is 23.3 Å². The van der Waals surface area contributed by atoms with Crippen LogP contribution in [0, 0.1) is 0 Å². The van der Waals surface area contributed by atoms with Gasteiger partial charge in [-0.25, -0.2) is 4.98 Å². The average molecular weight is 349 g/mol. The second kappa shape index (κ2) is 6.75. The molecule has 0 fully saturated rings. The van der Waals surface area contributed by atoms with Gasteiger partial charge in [0.1, 0.15) is 5.82 Å². The van der Waals surface area contributed by atoms with E-state index in [-0.39, 0.29) is 36.4 Å². The van der Waals surface area contributed by atoms with Gasteiger partial charge in [0.05, 0.1) is 12.3 Å². The van der Waals surface area contributed by atoms with Crippen LogP contribution in [0.2, 0.25) is 0 Å². The van der Waals surface area contributed by atoms with Crippen molar-refractivity contribution in [1.29, 1.82) is 0 Å². The SMILES string of the molecule is O=C(Cc1noc([C@H]2CC(=O)Nc3ccccc32)n1)Nc1ccccn1. The Labute approximate surface area is 148 Å². The number of carbonyl (C=O) groups is 2. The Kier molecular flexibility index (Phi) is 4.14. The third-order valence-electron chi connectivity index (χ3n) is 4.03. The van der Waals surface area contributed by atoms with E-state index < -0.39 is 0 Å². The van der Waals surface area contributed by atoms with Gasteiger partial charge in [-0.05, 0) is 23.8 Å². The molecule has 8 nitrogen and oxygen atoms in total. The van der Waals surface area contributed by atoms with Crippen molar-refractivity contribution in [2.75, 3.05) is 10.6 Å². The monoisotopic (exact) mass is 349 g/mol. The van der Waals surface area contributed by atoms with E-state index in [1.54, 1.807) is 24.4 Å². The molecule has 0 unspecified atom stereocenters. The number of rotatable bonds is 4. The topological polar surface area (TPSA) is 110 Å². The molecule has 1 aliphatic rings. The third kappa shape index (κ3) is 3.30. The number of nitrogens with one attached hydrogen (secondary N) is 2. The van der Waals surface area contributed by atoms with Gasteiger partial charge in [-0.3, -0.25) is 9.59 Å². The second-order valence-corrected chi connectivity index (χ2v) is 5.88. The maximum atomic E-state index is 12.1. The molecular formula is C18H15N5O3. The lowest BCUT2D eigenvalue weighted by Crippen LogP contribution is -2.23. The van der Waals surface area contributed by atoms with Crippen LogP contribution in [0.4, 0.5) is 11.5 Å². The molecule has 26 heavy (non-hydrogen) atoms. The Morgan fingerprint density at radius 3 is 2.92 bits per heavy atom. The number of anilines is 2. The van der Waals surface area contributed by atoms with Crippen LogP contribution in [0.3, 0.4) is 0 Å². The first-order valence-corrected chi connectivity index (χ1v) is 8.11. The minimum atomic E-state index is -0.319. The summed E-state index contributed by atoms with van der Waals surface area (Å²) < 4.78 is 5.32. The summed E-state index contributed by atoms with van der Waals surface area (Å²) in [7, 11) is 0. The molecule has 8 heteroatoms. The van der Waals surface area contributed by atoms with Crippen molar-refractivity contribution in [2.45, 2.75) is 18.8 Å². The molecule has 130 valence electrons. The maximum absolute atomic E-state index is 12.1. The highest BCUT2D eigenvalue weighted by Gasteiger charge is 2.30. The molecule has 3 aromatic rings. The van der Waals surface area contributed by atoms with Crippen LogP contribution in [0.25, 0.3) is 0 Å². The van der Waals surface area contributed by atoms with Crippen LogP contribution in [0.15, 0.2) is 53.2 Å². The van der Waals surface area contributed by atoms with Gasteiger partial charge in [0.25, 0.3) is 0 Å². The number of benzene rings is 1. The highest BCUT2D eigenvalue weighted by molar-refractivity contribution is 5.95. The molecular weight excluding hydrogens is 334 g/mol. The number of hydrogen-bond acceptors (Lipinski definition) is 6. The molecule has 1 aromatic carbocycles. The van der Waals surface area contributed by atoms with Crippen molar-refractivity contribution in [3.63, 3.8) is 0 Å². The molecule has 2 aromatic heterocycles. The van der Waals surface area contributed by atoms with Gasteiger partial charge in [0, 0.05) is 18.3 Å². The number of pyridine rings is 1. The van der Waals surface area contributed by atoms with Gasteiger partial charge < -0.3 is 15.2 Å². The predicted molar refractivity (Wildman–Crippen MR) is 92.4 cm³/mol. The minimum absolute atomic E-state index is 0.0410. The highest BCUT2D eigenvalue weighted by atomic mass is 16.5. The van der Waals surface area contributed by atoms with Crippen molar-refractivity contribution in [1.82, 2.24) is 15.1 Å². The molecule has 0 aliphatic carbocycles. The molecule has 0 bridgehead atoms. The predicted octanol–water partition coefficient (Wildman–Crippen LogP) is 2.12. The molecule has 0 saturated heterocycles. The van der Waals surface area contributed by atoms with Gasteiger partial charge in [0.15, 0.2) is 5.82 Å². The summed E-state index contributed by atoms with van der Waals surface area (Å²) in [6.45, 7) is 0. The second-order valence-electron chi connectivity index (χ2n) is 5.88. The molecule has 4 rings (SSSR count). The van der Waals surface area contributed by atoms with Crippen LogP contribution in [0.1, 0.15) is 29.6 Å². The Balaban J connectivity index is 1.50. The fourth-order valence-electron chi connectivity index (χ4n) is 2.88. The Morgan fingerprint density at radius 1 is 1.23 bits per heavy atom. The Bertz CT molecular complexity index is 954. The lowest BCUT2D eigenvalue weighted by molar-refractivity contribution is -0.117. The first kappa shape index (κ1) is 15.9. The van der Waals surface area contributed by atoms with Crippen molar-refractivity contribution in [3.8, 4) is 0 Å². The van der Waals surface area contributed by atoms with Crippen molar-refractivity contribution < 1.29 is 14.1 Å². The molecule has 1 atom stereocenters. The van der Waals surface area contributed by atoms with E-state index in [1.807, 2.05) is 24.3 Å². The van der Waals surface area contributed by atoms with E-state index >= 15 is 0 Å². The van der Waals surface area contributed by atoms with E-state index in [0.29, 0.717) is 11.7 Å². The quantitative estimate of drug-likeness (QED) is 0.746. The fourth-order valence-corrected chi connectivity index (χ4v) is 2.88. The largest absolute Gasteiger partial charge is 0.339 e. The highest BCUT2D eigenvalue weighted by Crippen LogP contribution is 2.35. The molecule has 0 radical (unpaired) electrons. The smallest absolute Gasteiger partial charge is 0.234 e. The first-order valence-electron chi connectivity index (χ1n) is 8.11. The fraction of sp³-hybridized carbons (Fsp3) is 0.167. The van der Waals surface area contributed by atoms with E-state index in [1.165, 1.54) is 0 Å².